The van der Waals surface area contributed by atoms with Crippen molar-refractivity contribution in [3.8, 4) is 0 Å². The highest BCUT2D eigenvalue weighted by atomic mass is 16.5. The van der Waals surface area contributed by atoms with Gasteiger partial charge in [0, 0.05) is 18.2 Å². The van der Waals surface area contributed by atoms with Gasteiger partial charge in [-0.25, -0.2) is 0 Å². The van der Waals surface area contributed by atoms with Crippen LogP contribution in [0.3, 0.4) is 0 Å². The summed E-state index contributed by atoms with van der Waals surface area (Å²) in [6.45, 7) is 5.45. The smallest absolute Gasteiger partial charge is 0.0614 e. The van der Waals surface area contributed by atoms with Gasteiger partial charge in [-0.1, -0.05) is 13.8 Å². The number of ether oxygens (including phenoxy) is 1. The average molecular weight is 227 g/mol. The van der Waals surface area contributed by atoms with Crippen LogP contribution in [-0.2, 0) is 4.74 Å². The van der Waals surface area contributed by atoms with Crippen LogP contribution in [0.25, 0.3) is 0 Å². The number of hydrogen-bond donors (Lipinski definition) is 2. The van der Waals surface area contributed by atoms with Gasteiger partial charge >= 0.3 is 0 Å². The van der Waals surface area contributed by atoms with Crippen molar-refractivity contribution in [1.82, 2.24) is 5.32 Å². The number of aliphatic hydroxyl groups is 1. The highest BCUT2D eigenvalue weighted by molar-refractivity contribution is 5.01. The molecule has 0 heterocycles. The molecule has 94 valence electrons. The molecule has 0 spiro atoms. The summed E-state index contributed by atoms with van der Waals surface area (Å²) in [5.74, 6) is 0.598. The van der Waals surface area contributed by atoms with Crippen LogP contribution in [0.4, 0.5) is 0 Å². The van der Waals surface area contributed by atoms with Crippen LogP contribution in [0.2, 0.25) is 0 Å². The molecule has 2 rings (SSSR count). The van der Waals surface area contributed by atoms with E-state index in [0.717, 1.165) is 25.9 Å². The Balaban J connectivity index is 1.79. The minimum atomic E-state index is -0.0389. The fourth-order valence-electron chi connectivity index (χ4n) is 2.53. The van der Waals surface area contributed by atoms with Gasteiger partial charge in [-0.15, -0.1) is 0 Å². The van der Waals surface area contributed by atoms with Crippen molar-refractivity contribution in [2.24, 2.45) is 5.92 Å². The Morgan fingerprint density at radius 2 is 2.12 bits per heavy atom. The summed E-state index contributed by atoms with van der Waals surface area (Å²) in [6.07, 6.45) is 6.03. The molecular formula is C13H25NO2. The Kier molecular flexibility index (Phi) is 3.88. The quantitative estimate of drug-likeness (QED) is 0.725. The van der Waals surface area contributed by atoms with Gasteiger partial charge < -0.3 is 15.2 Å². The van der Waals surface area contributed by atoms with E-state index in [4.69, 9.17) is 4.74 Å². The molecule has 2 atom stereocenters. The molecule has 0 aromatic rings. The molecule has 0 radical (unpaired) electrons. The Hall–Kier alpha value is -0.120. The minimum absolute atomic E-state index is 0.0389. The van der Waals surface area contributed by atoms with Crippen LogP contribution < -0.4 is 5.32 Å². The first kappa shape index (κ1) is 12.3. The molecule has 0 aromatic heterocycles. The van der Waals surface area contributed by atoms with Crippen LogP contribution in [0.5, 0.6) is 0 Å². The molecule has 2 fully saturated rings. The zero-order valence-electron chi connectivity index (χ0n) is 10.5. The molecule has 16 heavy (non-hydrogen) atoms. The normalized spacial score (nSPS) is 34.9. The lowest BCUT2D eigenvalue weighted by Gasteiger charge is -2.28. The van der Waals surface area contributed by atoms with Crippen LogP contribution >= 0.6 is 0 Å². The maximum absolute atomic E-state index is 9.57. The largest absolute Gasteiger partial charge is 0.394 e. The Bertz CT molecular complexity index is 228. The Morgan fingerprint density at radius 3 is 2.69 bits per heavy atom. The SMILES string of the molecule is CC(C)COC1CCC(CO)(NC2CC2)C1. The van der Waals surface area contributed by atoms with Gasteiger partial charge in [0.05, 0.1) is 12.7 Å². The van der Waals surface area contributed by atoms with E-state index < -0.39 is 0 Å². The lowest BCUT2D eigenvalue weighted by atomic mass is 9.98. The van der Waals surface area contributed by atoms with Crippen molar-refractivity contribution in [3.63, 3.8) is 0 Å². The zero-order valence-corrected chi connectivity index (χ0v) is 10.5. The van der Waals surface area contributed by atoms with Crippen LogP contribution in [0, 0.1) is 5.92 Å². The molecule has 0 aliphatic heterocycles. The summed E-state index contributed by atoms with van der Waals surface area (Å²) >= 11 is 0. The first-order chi connectivity index (χ1) is 7.63. The highest BCUT2D eigenvalue weighted by Crippen LogP contribution is 2.35. The van der Waals surface area contributed by atoms with E-state index in [9.17, 15) is 5.11 Å². The van der Waals surface area contributed by atoms with Gasteiger partial charge in [-0.3, -0.25) is 0 Å². The summed E-state index contributed by atoms with van der Waals surface area (Å²) in [5.41, 5.74) is -0.0389. The fourth-order valence-corrected chi connectivity index (χ4v) is 2.53. The molecule has 0 amide bonds. The second-order valence-corrected chi connectivity index (χ2v) is 5.95. The average Bonchev–Trinajstić information content (AvgIpc) is 2.95. The first-order valence-corrected chi connectivity index (χ1v) is 6.64. The molecule has 3 heteroatoms. The number of hydrogen-bond acceptors (Lipinski definition) is 3. The predicted molar refractivity (Wildman–Crippen MR) is 64.4 cm³/mol. The van der Waals surface area contributed by atoms with E-state index >= 15 is 0 Å². The van der Waals surface area contributed by atoms with Crippen LogP contribution in [-0.4, -0.2) is 36.0 Å². The standard InChI is InChI=1S/C13H25NO2/c1-10(2)8-16-12-5-6-13(7-12,9-15)14-11-3-4-11/h10-12,14-15H,3-9H2,1-2H3. The lowest BCUT2D eigenvalue weighted by molar-refractivity contribution is 0.0310. The predicted octanol–water partition coefficient (Wildman–Crippen LogP) is 1.69. The minimum Gasteiger partial charge on any atom is -0.394 e. The number of aliphatic hydroxyl groups excluding tert-OH is 1. The topological polar surface area (TPSA) is 41.5 Å². The maximum atomic E-state index is 9.57. The van der Waals surface area contributed by atoms with Crippen molar-refractivity contribution < 1.29 is 9.84 Å². The van der Waals surface area contributed by atoms with Gasteiger partial charge in [-0.2, -0.15) is 0 Å². The Labute approximate surface area is 98.6 Å². The Morgan fingerprint density at radius 1 is 1.38 bits per heavy atom. The third-order valence-electron chi connectivity index (χ3n) is 3.62. The number of rotatable bonds is 6. The third kappa shape index (κ3) is 3.19. The van der Waals surface area contributed by atoms with Crippen molar-refractivity contribution in [2.75, 3.05) is 13.2 Å². The van der Waals surface area contributed by atoms with Crippen molar-refractivity contribution in [3.05, 3.63) is 0 Å². The van der Waals surface area contributed by atoms with Crippen LogP contribution in [0.1, 0.15) is 46.0 Å². The van der Waals surface area contributed by atoms with E-state index in [1.54, 1.807) is 0 Å². The van der Waals surface area contributed by atoms with E-state index in [-0.39, 0.29) is 12.1 Å². The molecule has 0 aromatic carbocycles. The van der Waals surface area contributed by atoms with Crippen molar-refractivity contribution in [2.45, 2.75) is 63.6 Å². The monoisotopic (exact) mass is 227 g/mol. The summed E-state index contributed by atoms with van der Waals surface area (Å²) in [4.78, 5) is 0. The molecule has 2 N–H and O–H groups in total. The van der Waals surface area contributed by atoms with E-state index in [0.29, 0.717) is 18.1 Å². The van der Waals surface area contributed by atoms with Crippen molar-refractivity contribution >= 4 is 0 Å². The van der Waals surface area contributed by atoms with Crippen LogP contribution in [0.15, 0.2) is 0 Å². The fraction of sp³-hybridized carbons (Fsp3) is 1.00. The molecule has 2 aliphatic rings. The third-order valence-corrected chi connectivity index (χ3v) is 3.62. The second kappa shape index (κ2) is 5.03. The van der Waals surface area contributed by atoms with Gasteiger partial charge in [0.25, 0.3) is 0 Å². The van der Waals surface area contributed by atoms with Gasteiger partial charge in [0.1, 0.15) is 0 Å². The summed E-state index contributed by atoms with van der Waals surface area (Å²) in [6, 6.07) is 0.663. The highest BCUT2D eigenvalue weighted by Gasteiger charge is 2.42. The molecule has 2 unspecified atom stereocenters. The molecule has 0 bridgehead atoms. The second-order valence-electron chi connectivity index (χ2n) is 5.95. The van der Waals surface area contributed by atoms with E-state index in [2.05, 4.69) is 19.2 Å². The molecule has 2 aliphatic carbocycles. The van der Waals surface area contributed by atoms with Gasteiger partial charge in [0.2, 0.25) is 0 Å². The molecule has 2 saturated carbocycles. The molecule has 0 saturated heterocycles. The molecular weight excluding hydrogens is 202 g/mol. The lowest BCUT2D eigenvalue weighted by Crippen LogP contribution is -2.48. The van der Waals surface area contributed by atoms with Crippen molar-refractivity contribution in [1.29, 1.82) is 0 Å². The zero-order chi connectivity index (χ0) is 11.6. The summed E-state index contributed by atoms with van der Waals surface area (Å²) in [7, 11) is 0. The molecule has 3 nitrogen and oxygen atoms in total. The summed E-state index contributed by atoms with van der Waals surface area (Å²) in [5, 5.41) is 13.2. The number of nitrogens with one attached hydrogen (secondary N) is 1. The maximum Gasteiger partial charge on any atom is 0.0614 e. The van der Waals surface area contributed by atoms with E-state index in [1.165, 1.54) is 12.8 Å². The first-order valence-electron chi connectivity index (χ1n) is 6.64. The van der Waals surface area contributed by atoms with E-state index in [1.807, 2.05) is 0 Å². The van der Waals surface area contributed by atoms with Gasteiger partial charge in [-0.05, 0) is 38.0 Å². The summed E-state index contributed by atoms with van der Waals surface area (Å²) < 4.78 is 5.87. The van der Waals surface area contributed by atoms with Gasteiger partial charge in [0.15, 0.2) is 0 Å².